The van der Waals surface area contributed by atoms with Crippen LogP contribution in [0.1, 0.15) is 17.2 Å². The quantitative estimate of drug-likeness (QED) is 0.328. The molecule has 1 N–H and O–H groups in total. The van der Waals surface area contributed by atoms with Crippen LogP contribution in [0.3, 0.4) is 0 Å². The maximum Gasteiger partial charge on any atom is 0.413 e. The molecule has 12 heteroatoms. The fourth-order valence-corrected chi connectivity index (χ4v) is 3.74. The van der Waals surface area contributed by atoms with Crippen molar-refractivity contribution < 1.29 is 35.5 Å². The van der Waals surface area contributed by atoms with E-state index in [9.17, 15) is 35.5 Å². The number of nitrogens with one attached hydrogen (secondary N) is 1. The Kier molecular flexibility index (Phi) is 6.46. The number of carbonyl (C=O) groups excluding carboxylic acids is 1. The molecular weight excluding hydrogens is 503 g/mol. The van der Waals surface area contributed by atoms with E-state index in [-0.39, 0.29) is 34.2 Å². The Morgan fingerprint density at radius 1 is 1.00 bits per heavy atom. The molecule has 4 nitrogen and oxygen atoms in total. The molecule has 0 saturated carbocycles. The molecule has 1 atom stereocenters. The van der Waals surface area contributed by atoms with Crippen LogP contribution >= 0.6 is 11.6 Å². The molecule has 2 heterocycles. The molecule has 0 saturated heterocycles. The number of carbonyl (C=O) groups is 1. The van der Waals surface area contributed by atoms with Crippen molar-refractivity contribution in [3.63, 3.8) is 0 Å². The summed E-state index contributed by atoms with van der Waals surface area (Å²) >= 11 is 5.92. The van der Waals surface area contributed by atoms with Gasteiger partial charge in [-0.05, 0) is 30.3 Å². The molecule has 0 aliphatic carbocycles. The minimum Gasteiger partial charge on any atom is -0.337 e. The van der Waals surface area contributed by atoms with Crippen molar-refractivity contribution in [3.8, 4) is 0 Å². The van der Waals surface area contributed by atoms with Crippen LogP contribution in [0.5, 0.6) is 0 Å². The molecule has 4 rings (SSSR count). The second-order valence-electron chi connectivity index (χ2n) is 7.50. The van der Waals surface area contributed by atoms with E-state index in [0.717, 1.165) is 29.3 Å². The fourth-order valence-electron chi connectivity index (χ4n) is 3.60. The SMILES string of the molecule is O=C(NC(c1c(F)cccc1F)C(F)(F)F)C1=CN(c2ccc(F)cc2F)c2nc(Cl)ccc2C1. The van der Waals surface area contributed by atoms with Gasteiger partial charge in [0.15, 0.2) is 6.04 Å². The Morgan fingerprint density at radius 3 is 2.31 bits per heavy atom. The summed E-state index contributed by atoms with van der Waals surface area (Å²) < 4.78 is 97.3. The minimum atomic E-state index is -5.25. The summed E-state index contributed by atoms with van der Waals surface area (Å²) in [6.07, 6.45) is -4.50. The normalized spacial score (nSPS) is 14.3. The van der Waals surface area contributed by atoms with Crippen molar-refractivity contribution in [1.82, 2.24) is 10.3 Å². The molecule has 1 aliphatic rings. The third-order valence-corrected chi connectivity index (χ3v) is 5.38. The molecule has 1 unspecified atom stereocenters. The van der Waals surface area contributed by atoms with E-state index in [1.54, 1.807) is 5.32 Å². The van der Waals surface area contributed by atoms with E-state index in [2.05, 4.69) is 4.98 Å². The molecule has 3 aromatic rings. The molecule has 1 aliphatic heterocycles. The van der Waals surface area contributed by atoms with E-state index in [0.29, 0.717) is 18.2 Å². The summed E-state index contributed by atoms with van der Waals surface area (Å²) in [4.78, 5) is 18.0. The van der Waals surface area contributed by atoms with Crippen molar-refractivity contribution in [2.75, 3.05) is 4.90 Å². The number of benzene rings is 2. The van der Waals surface area contributed by atoms with Gasteiger partial charge in [-0.15, -0.1) is 0 Å². The van der Waals surface area contributed by atoms with Crippen molar-refractivity contribution in [2.24, 2.45) is 0 Å². The maximum atomic E-state index is 14.5. The van der Waals surface area contributed by atoms with E-state index < -0.39 is 47.0 Å². The third kappa shape index (κ3) is 4.95. The van der Waals surface area contributed by atoms with E-state index in [1.165, 1.54) is 12.1 Å². The first-order valence-corrected chi connectivity index (χ1v) is 10.3. The number of fused-ring (bicyclic) bond motifs is 1. The fraction of sp³-hybridized carbons (Fsp3) is 0.130. The summed E-state index contributed by atoms with van der Waals surface area (Å²) in [6, 6.07) is 4.48. The first-order chi connectivity index (χ1) is 16.5. The van der Waals surface area contributed by atoms with E-state index in [4.69, 9.17) is 11.6 Å². The van der Waals surface area contributed by atoms with Gasteiger partial charge in [-0.2, -0.15) is 13.2 Å². The number of nitrogens with zero attached hydrogens (tertiary/aromatic N) is 2. The lowest BCUT2D eigenvalue weighted by Crippen LogP contribution is -2.41. The third-order valence-electron chi connectivity index (χ3n) is 5.17. The highest BCUT2D eigenvalue weighted by molar-refractivity contribution is 6.29. The summed E-state index contributed by atoms with van der Waals surface area (Å²) in [5.74, 6) is -6.18. The van der Waals surface area contributed by atoms with Crippen molar-refractivity contribution in [1.29, 1.82) is 0 Å². The second kappa shape index (κ2) is 9.21. The number of halogens is 8. The molecule has 0 radical (unpaired) electrons. The number of rotatable bonds is 4. The van der Waals surface area contributed by atoms with Gasteiger partial charge in [-0.25, -0.2) is 22.5 Å². The lowest BCUT2D eigenvalue weighted by molar-refractivity contribution is -0.163. The van der Waals surface area contributed by atoms with Crippen LogP contribution in [-0.4, -0.2) is 17.1 Å². The molecule has 182 valence electrons. The van der Waals surface area contributed by atoms with Gasteiger partial charge in [0.2, 0.25) is 5.91 Å². The van der Waals surface area contributed by atoms with E-state index in [1.807, 2.05) is 0 Å². The zero-order valence-electron chi connectivity index (χ0n) is 17.3. The van der Waals surface area contributed by atoms with Crippen LogP contribution in [0.25, 0.3) is 0 Å². The van der Waals surface area contributed by atoms with Crippen molar-refractivity contribution in [3.05, 3.63) is 99.9 Å². The molecule has 0 fully saturated rings. The number of alkyl halides is 3. The van der Waals surface area contributed by atoms with Gasteiger partial charge in [-0.3, -0.25) is 9.69 Å². The van der Waals surface area contributed by atoms with Crippen LogP contribution in [0, 0.1) is 23.3 Å². The highest BCUT2D eigenvalue weighted by atomic mass is 35.5. The zero-order chi connectivity index (χ0) is 25.5. The monoisotopic (exact) mass is 515 g/mol. The molecule has 2 aromatic carbocycles. The Hall–Kier alpha value is -3.60. The molecule has 1 aromatic heterocycles. The predicted octanol–water partition coefficient (Wildman–Crippen LogP) is 6.29. The number of amides is 1. The smallest absolute Gasteiger partial charge is 0.337 e. The first kappa shape index (κ1) is 24.5. The molecular formula is C23H13ClF7N3O. The zero-order valence-corrected chi connectivity index (χ0v) is 18.1. The maximum absolute atomic E-state index is 14.5. The Morgan fingerprint density at radius 2 is 1.69 bits per heavy atom. The van der Waals surface area contributed by atoms with Crippen LogP contribution in [0.2, 0.25) is 5.15 Å². The first-order valence-electron chi connectivity index (χ1n) is 9.87. The number of anilines is 2. The van der Waals surface area contributed by atoms with Crippen molar-refractivity contribution in [2.45, 2.75) is 18.6 Å². The highest BCUT2D eigenvalue weighted by Crippen LogP contribution is 2.38. The van der Waals surface area contributed by atoms with Gasteiger partial charge in [0.25, 0.3) is 0 Å². The molecule has 0 bridgehead atoms. The second-order valence-corrected chi connectivity index (χ2v) is 7.88. The van der Waals surface area contributed by atoms with Crippen LogP contribution < -0.4 is 10.2 Å². The highest BCUT2D eigenvalue weighted by Gasteiger charge is 2.45. The molecule has 35 heavy (non-hydrogen) atoms. The summed E-state index contributed by atoms with van der Waals surface area (Å²) in [7, 11) is 0. The molecule has 1 amide bonds. The topological polar surface area (TPSA) is 45.2 Å². The van der Waals surface area contributed by atoms with Gasteiger partial charge in [-0.1, -0.05) is 23.7 Å². The average molecular weight is 516 g/mol. The van der Waals surface area contributed by atoms with Gasteiger partial charge < -0.3 is 5.32 Å². The Balaban J connectivity index is 1.76. The summed E-state index contributed by atoms with van der Waals surface area (Å²) in [6.45, 7) is 0. The largest absolute Gasteiger partial charge is 0.413 e. The summed E-state index contributed by atoms with van der Waals surface area (Å²) in [5, 5.41) is 1.63. The van der Waals surface area contributed by atoms with Gasteiger partial charge in [0.05, 0.1) is 11.3 Å². The molecule has 0 spiro atoms. The number of aromatic nitrogens is 1. The standard InChI is InChI=1S/C23H13ClF7N3O/c24-18-7-4-11-8-12(10-34(21(11)32-18)17-6-5-13(25)9-16(17)28)22(35)33-20(23(29,30)31)19-14(26)2-1-3-15(19)27/h1-7,9-10,20H,8H2,(H,33,35). The number of hydrogen-bond donors (Lipinski definition) is 1. The predicted molar refractivity (Wildman–Crippen MR) is 113 cm³/mol. The lowest BCUT2D eigenvalue weighted by atomic mass is 9.99. The Labute approximate surface area is 198 Å². The van der Waals surface area contributed by atoms with E-state index >= 15 is 0 Å². The van der Waals surface area contributed by atoms with Crippen LogP contribution in [0.4, 0.5) is 42.2 Å². The number of pyridine rings is 1. The van der Waals surface area contributed by atoms with Gasteiger partial charge in [0.1, 0.15) is 34.2 Å². The van der Waals surface area contributed by atoms with Gasteiger partial charge >= 0.3 is 6.18 Å². The minimum absolute atomic E-state index is 0.00438. The van der Waals surface area contributed by atoms with Crippen molar-refractivity contribution >= 4 is 29.0 Å². The lowest BCUT2D eigenvalue weighted by Gasteiger charge is -2.29. The van der Waals surface area contributed by atoms with Crippen LogP contribution in [-0.2, 0) is 11.2 Å². The van der Waals surface area contributed by atoms with Crippen LogP contribution in [0.15, 0.2) is 60.3 Å². The van der Waals surface area contributed by atoms with Gasteiger partial charge in [0, 0.05) is 29.8 Å². The Bertz CT molecular complexity index is 1320. The average Bonchev–Trinajstić information content (AvgIpc) is 2.77. The summed E-state index contributed by atoms with van der Waals surface area (Å²) in [5.41, 5.74) is -1.66. The number of hydrogen-bond acceptors (Lipinski definition) is 3.